The standard InChI is InChI=1S/C24H39N/c1-16-13-20(22-8-6-7-21(22)19(16)4)10-9-18(3)25-24-12-11-23(5,15-24)17(2)14-24/h16-17,19-20,25H,3,6-15H2,1-2,4-5H3. The molecule has 0 heterocycles. The molecule has 0 radical (unpaired) electrons. The van der Waals surface area contributed by atoms with Crippen LogP contribution in [0.3, 0.4) is 0 Å². The molecule has 0 aromatic rings. The van der Waals surface area contributed by atoms with Crippen molar-refractivity contribution in [3.8, 4) is 0 Å². The summed E-state index contributed by atoms with van der Waals surface area (Å²) in [5, 5.41) is 3.95. The number of hydrogen-bond donors (Lipinski definition) is 1. The minimum Gasteiger partial charge on any atom is -0.383 e. The van der Waals surface area contributed by atoms with Gasteiger partial charge in [0, 0.05) is 11.2 Å². The number of nitrogens with one attached hydrogen (secondary N) is 1. The fraction of sp³-hybridized carbons (Fsp3) is 0.833. The Balaban J connectivity index is 1.35. The van der Waals surface area contributed by atoms with Crippen LogP contribution in [0.4, 0.5) is 0 Å². The zero-order valence-electron chi connectivity index (χ0n) is 17.1. The third-order valence-corrected chi connectivity index (χ3v) is 8.90. The average molecular weight is 342 g/mol. The molecule has 0 amide bonds. The van der Waals surface area contributed by atoms with Crippen molar-refractivity contribution < 1.29 is 0 Å². The van der Waals surface area contributed by atoms with Gasteiger partial charge in [-0.1, -0.05) is 45.4 Å². The molecule has 0 aromatic carbocycles. The van der Waals surface area contributed by atoms with E-state index >= 15 is 0 Å². The minimum absolute atomic E-state index is 0.386. The van der Waals surface area contributed by atoms with Crippen LogP contribution in [0, 0.1) is 29.1 Å². The maximum absolute atomic E-state index is 4.45. The van der Waals surface area contributed by atoms with Gasteiger partial charge in [0.25, 0.3) is 0 Å². The lowest BCUT2D eigenvalue weighted by molar-refractivity contribution is 0.219. The highest BCUT2D eigenvalue weighted by molar-refractivity contribution is 5.27. The van der Waals surface area contributed by atoms with Crippen LogP contribution in [0.1, 0.15) is 91.9 Å². The number of hydrogen-bond acceptors (Lipinski definition) is 1. The summed E-state index contributed by atoms with van der Waals surface area (Å²) >= 11 is 0. The zero-order valence-corrected chi connectivity index (χ0v) is 17.1. The van der Waals surface area contributed by atoms with Gasteiger partial charge in [-0.05, 0) is 93.3 Å². The van der Waals surface area contributed by atoms with Crippen molar-refractivity contribution in [1.29, 1.82) is 0 Å². The second-order valence-electron chi connectivity index (χ2n) is 10.6. The van der Waals surface area contributed by atoms with Crippen molar-refractivity contribution in [3.63, 3.8) is 0 Å². The fourth-order valence-corrected chi connectivity index (χ4v) is 7.05. The van der Waals surface area contributed by atoms with Gasteiger partial charge in [-0.3, -0.25) is 0 Å². The van der Waals surface area contributed by atoms with Gasteiger partial charge in [0.1, 0.15) is 0 Å². The largest absolute Gasteiger partial charge is 0.383 e. The van der Waals surface area contributed by atoms with Crippen LogP contribution < -0.4 is 5.32 Å². The van der Waals surface area contributed by atoms with Gasteiger partial charge in [0.05, 0.1) is 0 Å². The Morgan fingerprint density at radius 1 is 1.16 bits per heavy atom. The van der Waals surface area contributed by atoms with Gasteiger partial charge < -0.3 is 5.32 Å². The van der Waals surface area contributed by atoms with E-state index < -0.39 is 0 Å². The van der Waals surface area contributed by atoms with Crippen molar-refractivity contribution in [3.05, 3.63) is 23.4 Å². The first-order valence-electron chi connectivity index (χ1n) is 11.0. The van der Waals surface area contributed by atoms with Gasteiger partial charge in [0.15, 0.2) is 0 Å². The van der Waals surface area contributed by atoms with E-state index in [4.69, 9.17) is 0 Å². The van der Waals surface area contributed by atoms with Crippen molar-refractivity contribution in [1.82, 2.24) is 5.32 Å². The quantitative estimate of drug-likeness (QED) is 0.555. The van der Waals surface area contributed by atoms with Crippen molar-refractivity contribution >= 4 is 0 Å². The van der Waals surface area contributed by atoms with E-state index in [1.165, 1.54) is 69.9 Å². The van der Waals surface area contributed by atoms with E-state index in [-0.39, 0.29) is 0 Å². The number of fused-ring (bicyclic) bond motifs is 2. The fourth-order valence-electron chi connectivity index (χ4n) is 7.05. The molecule has 4 aliphatic carbocycles. The predicted molar refractivity (Wildman–Crippen MR) is 107 cm³/mol. The normalized spacial score (nSPS) is 45.8. The van der Waals surface area contributed by atoms with E-state index in [0.29, 0.717) is 11.0 Å². The maximum atomic E-state index is 4.45. The lowest BCUT2D eigenvalue weighted by Crippen LogP contribution is -2.41. The molecule has 4 aliphatic rings. The summed E-state index contributed by atoms with van der Waals surface area (Å²) < 4.78 is 0. The van der Waals surface area contributed by atoms with Crippen LogP contribution in [0.15, 0.2) is 23.4 Å². The molecule has 6 atom stereocenters. The number of rotatable bonds is 5. The maximum Gasteiger partial charge on any atom is 0.0378 e. The van der Waals surface area contributed by atoms with Crippen molar-refractivity contribution in [2.24, 2.45) is 29.1 Å². The highest BCUT2D eigenvalue weighted by atomic mass is 15.0. The monoisotopic (exact) mass is 341 g/mol. The zero-order chi connectivity index (χ0) is 17.8. The van der Waals surface area contributed by atoms with Crippen LogP contribution in [-0.4, -0.2) is 5.54 Å². The molecule has 6 unspecified atom stereocenters. The topological polar surface area (TPSA) is 12.0 Å². The van der Waals surface area contributed by atoms with E-state index in [0.717, 1.165) is 23.7 Å². The third kappa shape index (κ3) is 3.00. The van der Waals surface area contributed by atoms with Crippen LogP contribution in [-0.2, 0) is 0 Å². The summed E-state index contributed by atoms with van der Waals surface area (Å²) in [5.41, 5.74) is 6.00. The number of allylic oxidation sites excluding steroid dienone is 3. The molecule has 4 rings (SSSR count). The summed E-state index contributed by atoms with van der Waals surface area (Å²) in [6, 6.07) is 0. The summed E-state index contributed by atoms with van der Waals surface area (Å²) in [6.45, 7) is 14.4. The molecular formula is C24H39N. The van der Waals surface area contributed by atoms with Crippen molar-refractivity contribution in [2.75, 3.05) is 0 Å². The SMILES string of the molecule is C=C(CCC1CC(C)C(C)C2=C1CCC2)NC12CCC(C)(C1)C(C)C2. The minimum atomic E-state index is 0.386. The van der Waals surface area contributed by atoms with Gasteiger partial charge >= 0.3 is 0 Å². The molecule has 1 heteroatoms. The highest BCUT2D eigenvalue weighted by Crippen LogP contribution is 2.59. The molecule has 2 bridgehead atoms. The first kappa shape index (κ1) is 17.7. The van der Waals surface area contributed by atoms with E-state index in [2.05, 4.69) is 39.6 Å². The van der Waals surface area contributed by atoms with Crippen molar-refractivity contribution in [2.45, 2.75) is 97.4 Å². The molecule has 0 saturated heterocycles. The van der Waals surface area contributed by atoms with Crippen LogP contribution >= 0.6 is 0 Å². The van der Waals surface area contributed by atoms with E-state index in [1.807, 2.05) is 11.1 Å². The molecule has 1 N–H and O–H groups in total. The van der Waals surface area contributed by atoms with Gasteiger partial charge in [0.2, 0.25) is 0 Å². The average Bonchev–Trinajstić information content (AvgIpc) is 3.21. The molecule has 140 valence electrons. The first-order chi connectivity index (χ1) is 11.8. The molecular weight excluding hydrogens is 302 g/mol. The van der Waals surface area contributed by atoms with Gasteiger partial charge in [-0.15, -0.1) is 0 Å². The lowest BCUT2D eigenvalue weighted by atomic mass is 9.71. The van der Waals surface area contributed by atoms with Crippen LogP contribution in [0.25, 0.3) is 0 Å². The van der Waals surface area contributed by atoms with Crippen LogP contribution in [0.5, 0.6) is 0 Å². The Morgan fingerprint density at radius 2 is 1.92 bits per heavy atom. The van der Waals surface area contributed by atoms with E-state index in [9.17, 15) is 0 Å². The van der Waals surface area contributed by atoms with Gasteiger partial charge in [-0.25, -0.2) is 0 Å². The smallest absolute Gasteiger partial charge is 0.0378 e. The van der Waals surface area contributed by atoms with Gasteiger partial charge in [-0.2, -0.15) is 0 Å². The highest BCUT2D eigenvalue weighted by Gasteiger charge is 2.55. The lowest BCUT2D eigenvalue weighted by Gasteiger charge is -2.36. The summed E-state index contributed by atoms with van der Waals surface area (Å²) in [5.74, 6) is 3.42. The van der Waals surface area contributed by atoms with E-state index in [1.54, 1.807) is 0 Å². The molecule has 0 spiro atoms. The Hall–Kier alpha value is -0.720. The molecule has 25 heavy (non-hydrogen) atoms. The van der Waals surface area contributed by atoms with Crippen LogP contribution in [0.2, 0.25) is 0 Å². The summed E-state index contributed by atoms with van der Waals surface area (Å²) in [7, 11) is 0. The Bertz CT molecular complexity index is 587. The molecule has 0 aromatic heterocycles. The predicted octanol–water partition coefficient (Wildman–Crippen LogP) is 6.61. The Morgan fingerprint density at radius 3 is 2.60 bits per heavy atom. The Labute approximate surface area is 155 Å². The first-order valence-corrected chi connectivity index (χ1v) is 11.0. The third-order valence-electron chi connectivity index (χ3n) is 8.90. The molecule has 2 saturated carbocycles. The molecule has 0 aliphatic heterocycles. The second kappa shape index (κ2) is 6.17. The molecule has 2 fully saturated rings. The molecule has 1 nitrogen and oxygen atoms in total. The summed E-state index contributed by atoms with van der Waals surface area (Å²) in [6.07, 6.45) is 13.6. The second-order valence-corrected chi connectivity index (χ2v) is 10.6. The Kier molecular flexibility index (Phi) is 4.36. The summed E-state index contributed by atoms with van der Waals surface area (Å²) in [4.78, 5) is 0.